The van der Waals surface area contributed by atoms with E-state index >= 15 is 0 Å². The molecule has 2 amide bonds. The number of phenolic OH excluding ortho intramolecular Hbond substituents is 1. The number of aromatic hydroxyl groups is 1. The van der Waals surface area contributed by atoms with Crippen LogP contribution in [0, 0.1) is 17.8 Å². The summed E-state index contributed by atoms with van der Waals surface area (Å²) >= 11 is 0. The SMILES string of the molecule is CCNCOc1cc(OCCNC)c2c3c1[C@@H](O)Nc1cc4c(c(c1-3)CC2)[C@@H](O)[C@H](c1cc(OC)c(O)c(OC[C@H](CO)[C@@]23C[C@@H](C5(N6C(=O)C=CC6=O)CCCCC5)CC[C@@H]2CCc2ccccc23)c1)CO4. The molecule has 3 aliphatic heterocycles. The molecule has 4 aromatic carbocycles. The lowest BCUT2D eigenvalue weighted by molar-refractivity contribution is -0.152. The Bertz CT molecular complexity index is 2790. The number of likely N-dealkylation sites (N-methyl/N-ethyl adjacent to an activating group) is 1. The summed E-state index contributed by atoms with van der Waals surface area (Å²) in [7, 11) is 3.36. The van der Waals surface area contributed by atoms with Gasteiger partial charge in [-0.1, -0.05) is 50.5 Å². The Labute approximate surface area is 427 Å². The van der Waals surface area contributed by atoms with Crippen molar-refractivity contribution in [1.29, 1.82) is 0 Å². The van der Waals surface area contributed by atoms with Crippen LogP contribution in [0.15, 0.2) is 60.7 Å². The fraction of sp³-hybridized carbons (Fsp3) is 0.517. The number of aliphatic hydroxyl groups is 3. The summed E-state index contributed by atoms with van der Waals surface area (Å²) in [5, 5.41) is 57.6. The molecule has 2 fully saturated rings. The number of phenols is 1. The highest BCUT2D eigenvalue weighted by Gasteiger charge is 2.59. The third-order valence-electron chi connectivity index (χ3n) is 17.8. The first-order chi connectivity index (χ1) is 35.6. The number of methoxy groups -OCH3 is 1. The number of ether oxygens (including phenoxy) is 5. The quantitative estimate of drug-likeness (QED) is 0.0317. The highest BCUT2D eigenvalue weighted by Crippen LogP contribution is 2.61. The summed E-state index contributed by atoms with van der Waals surface area (Å²) in [5.41, 5.74) is 7.48. The zero-order valence-corrected chi connectivity index (χ0v) is 42.3. The molecular formula is C58H70N4O11. The topological polar surface area (TPSA) is 201 Å². The molecule has 7 atom stereocenters. The number of hydrogen-bond donors (Lipinski definition) is 7. The largest absolute Gasteiger partial charge is 0.502 e. The number of fused-ring (bicyclic) bond motifs is 5. The van der Waals surface area contributed by atoms with Gasteiger partial charge in [0.15, 0.2) is 17.7 Å². The first kappa shape index (κ1) is 49.4. The first-order valence-corrected chi connectivity index (χ1v) is 26.6. The third kappa shape index (κ3) is 8.21. The van der Waals surface area contributed by atoms with Gasteiger partial charge in [0.25, 0.3) is 11.8 Å². The first-order valence-electron chi connectivity index (χ1n) is 26.6. The number of imide groups is 1. The van der Waals surface area contributed by atoms with Crippen LogP contribution in [0.4, 0.5) is 5.69 Å². The van der Waals surface area contributed by atoms with Gasteiger partial charge in [-0.2, -0.15) is 0 Å². The second-order valence-electron chi connectivity index (χ2n) is 21.3. The van der Waals surface area contributed by atoms with Crippen molar-refractivity contribution >= 4 is 17.5 Å². The second kappa shape index (κ2) is 20.1. The molecule has 11 rings (SSSR count). The summed E-state index contributed by atoms with van der Waals surface area (Å²) < 4.78 is 31.8. The van der Waals surface area contributed by atoms with E-state index in [0.29, 0.717) is 78.6 Å². The molecule has 7 N–H and O–H groups in total. The normalized spacial score (nSPS) is 25.6. The van der Waals surface area contributed by atoms with E-state index in [1.807, 2.05) is 26.1 Å². The Morgan fingerprint density at radius 3 is 2.40 bits per heavy atom. The Morgan fingerprint density at radius 1 is 0.863 bits per heavy atom. The maximum absolute atomic E-state index is 13.6. The third-order valence-corrected chi connectivity index (χ3v) is 17.8. The van der Waals surface area contributed by atoms with Gasteiger partial charge in [-0.15, -0.1) is 0 Å². The van der Waals surface area contributed by atoms with Crippen molar-refractivity contribution in [3.05, 3.63) is 99.6 Å². The molecule has 7 aliphatic rings. The van der Waals surface area contributed by atoms with Crippen LogP contribution in [0.1, 0.15) is 122 Å². The van der Waals surface area contributed by atoms with Gasteiger partial charge in [0.1, 0.15) is 30.6 Å². The van der Waals surface area contributed by atoms with E-state index in [4.69, 9.17) is 23.7 Å². The second-order valence-corrected chi connectivity index (χ2v) is 21.3. The number of nitrogens with zero attached hydrogens (tertiary/aromatic N) is 1. The van der Waals surface area contributed by atoms with Gasteiger partial charge < -0.3 is 54.7 Å². The summed E-state index contributed by atoms with van der Waals surface area (Å²) in [4.78, 5) is 28.7. The summed E-state index contributed by atoms with van der Waals surface area (Å²) in [6.45, 7) is 4.02. The molecule has 4 aliphatic carbocycles. The maximum Gasteiger partial charge on any atom is 0.254 e. The summed E-state index contributed by atoms with van der Waals surface area (Å²) in [6.07, 6.45) is 10.7. The number of aliphatic hydroxyl groups excluding tert-OH is 3. The van der Waals surface area contributed by atoms with Gasteiger partial charge >= 0.3 is 0 Å². The van der Waals surface area contributed by atoms with Crippen LogP contribution < -0.4 is 39.6 Å². The van der Waals surface area contributed by atoms with Crippen molar-refractivity contribution in [3.63, 3.8) is 0 Å². The van der Waals surface area contributed by atoms with Crippen molar-refractivity contribution in [2.45, 2.75) is 113 Å². The molecular weight excluding hydrogens is 929 g/mol. The highest BCUT2D eigenvalue weighted by atomic mass is 16.5. The number of amides is 2. The molecule has 4 aromatic rings. The molecule has 15 heteroatoms. The van der Waals surface area contributed by atoms with Gasteiger partial charge in [0.05, 0.1) is 44.1 Å². The fourth-order valence-electron chi connectivity index (χ4n) is 14.5. The standard InChI is InChI=1S/C58H70N4O11/c1-4-60-32-73-45-27-43(70-23-22-59-2)38-16-17-39-50-42(61-56(68)53(45)52(38)50)26-44-51(39)54(66)40(31-72-44)34-24-46(69-3)55(67)47(25-34)71-30-37(29-63)58-28-36(15-14-35(58)13-12-33-10-6-7-11-41(33)58)57(20-8-5-9-21-57)62-48(64)18-19-49(62)65/h6-7,10-11,18-19,24-27,35-37,40,54,56,59-61,63,66-68H,4-5,8-9,12-17,20-23,28-32H2,1-3H3/t35-,36-,37-,40-,54-,56+,58+/m0/s1. The van der Waals surface area contributed by atoms with E-state index in [2.05, 4.69) is 40.2 Å². The van der Waals surface area contributed by atoms with Gasteiger partial charge in [-0.3, -0.25) is 19.8 Å². The molecule has 0 bridgehead atoms. The Kier molecular flexibility index (Phi) is 13.6. The van der Waals surface area contributed by atoms with Crippen LogP contribution in [0.25, 0.3) is 11.1 Å². The van der Waals surface area contributed by atoms with Crippen LogP contribution in [0.2, 0.25) is 0 Å². The van der Waals surface area contributed by atoms with E-state index < -0.39 is 35.1 Å². The van der Waals surface area contributed by atoms with Gasteiger partial charge in [0.2, 0.25) is 5.75 Å². The molecule has 0 saturated heterocycles. The number of benzene rings is 4. The minimum Gasteiger partial charge on any atom is -0.502 e. The molecule has 15 nitrogen and oxygen atoms in total. The average Bonchev–Trinajstić information content (AvgIpc) is 3.76. The maximum atomic E-state index is 13.6. The van der Waals surface area contributed by atoms with E-state index in [9.17, 15) is 30.0 Å². The van der Waals surface area contributed by atoms with Crippen molar-refractivity contribution in [2.24, 2.45) is 17.8 Å². The summed E-state index contributed by atoms with van der Waals surface area (Å²) in [5.74, 6) is 0.622. The van der Waals surface area contributed by atoms with Crippen LogP contribution in [-0.4, -0.2) is 103 Å². The molecule has 0 aromatic heterocycles. The molecule has 2 saturated carbocycles. The lowest BCUT2D eigenvalue weighted by Gasteiger charge is -2.59. The number of hydrogen-bond acceptors (Lipinski definition) is 14. The molecule has 73 heavy (non-hydrogen) atoms. The van der Waals surface area contributed by atoms with E-state index in [0.717, 1.165) is 80.0 Å². The van der Waals surface area contributed by atoms with Crippen LogP contribution in [-0.2, 0) is 34.3 Å². The number of nitrogens with one attached hydrogen (secondary N) is 3. The van der Waals surface area contributed by atoms with Crippen molar-refractivity contribution < 1.29 is 53.7 Å². The summed E-state index contributed by atoms with van der Waals surface area (Å²) in [6, 6.07) is 15.8. The minimum atomic E-state index is -1.07. The number of carbonyl (C=O) groups excluding carboxylic acids is 2. The fourth-order valence-corrected chi connectivity index (χ4v) is 14.5. The lowest BCUT2D eigenvalue weighted by atomic mass is 9.48. The Morgan fingerprint density at radius 2 is 1.63 bits per heavy atom. The Balaban J connectivity index is 0.932. The predicted octanol–water partition coefficient (Wildman–Crippen LogP) is 7.25. The smallest absolute Gasteiger partial charge is 0.254 e. The van der Waals surface area contributed by atoms with Crippen molar-refractivity contribution in [1.82, 2.24) is 15.5 Å². The number of rotatable bonds is 17. The zero-order valence-electron chi connectivity index (χ0n) is 42.3. The molecule has 388 valence electrons. The molecule has 0 unspecified atom stereocenters. The lowest BCUT2D eigenvalue weighted by Crippen LogP contribution is -2.62. The van der Waals surface area contributed by atoms with Crippen LogP contribution >= 0.6 is 0 Å². The molecule has 0 spiro atoms. The molecule has 0 radical (unpaired) electrons. The number of anilines is 1. The van der Waals surface area contributed by atoms with Gasteiger partial charge in [0, 0.05) is 76.0 Å². The predicted molar refractivity (Wildman–Crippen MR) is 274 cm³/mol. The average molecular weight is 999 g/mol. The number of carbonyl (C=O) groups is 2. The minimum absolute atomic E-state index is 0.0125. The van der Waals surface area contributed by atoms with Gasteiger partial charge in [-0.25, -0.2) is 0 Å². The zero-order chi connectivity index (χ0) is 50.6. The van der Waals surface area contributed by atoms with Crippen LogP contribution in [0.3, 0.4) is 0 Å². The monoisotopic (exact) mass is 999 g/mol. The van der Waals surface area contributed by atoms with Crippen molar-refractivity contribution in [2.75, 3.05) is 65.7 Å². The Hall–Kier alpha value is -5.84. The van der Waals surface area contributed by atoms with E-state index in [-0.39, 0.29) is 67.5 Å². The molecule has 3 heterocycles. The number of aryl methyl sites for hydroxylation is 1. The van der Waals surface area contributed by atoms with E-state index in [1.165, 1.54) is 30.4 Å². The van der Waals surface area contributed by atoms with Crippen LogP contribution in [0.5, 0.6) is 34.5 Å². The van der Waals surface area contributed by atoms with Gasteiger partial charge in [-0.05, 0) is 118 Å². The van der Waals surface area contributed by atoms with Crippen molar-refractivity contribution in [3.8, 4) is 45.6 Å². The van der Waals surface area contributed by atoms with E-state index in [1.54, 1.807) is 17.0 Å². The highest BCUT2D eigenvalue weighted by molar-refractivity contribution is 6.13.